The fraction of sp³-hybridized carbons (Fsp3) is 0.273. The van der Waals surface area contributed by atoms with Crippen molar-refractivity contribution >= 4 is 22.9 Å². The van der Waals surface area contributed by atoms with E-state index in [2.05, 4.69) is 4.99 Å². The third-order valence-electron chi connectivity index (χ3n) is 2.08. The topological polar surface area (TPSA) is 107 Å². The van der Waals surface area contributed by atoms with Gasteiger partial charge in [0.15, 0.2) is 11.1 Å². The molecule has 0 heterocycles. The highest BCUT2D eigenvalue weighted by atomic mass is 32.2. The van der Waals surface area contributed by atoms with Crippen LogP contribution in [0.25, 0.3) is 0 Å². The predicted octanol–water partition coefficient (Wildman–Crippen LogP) is 1.15. The van der Waals surface area contributed by atoms with Gasteiger partial charge in [-0.15, -0.1) is 0 Å². The largest absolute Gasteiger partial charge is 0.497 e. The molecule has 18 heavy (non-hydrogen) atoms. The number of benzene rings is 1. The molecule has 0 saturated heterocycles. The average molecular weight is 268 g/mol. The van der Waals surface area contributed by atoms with Gasteiger partial charge < -0.3 is 20.9 Å². The van der Waals surface area contributed by atoms with E-state index in [-0.39, 0.29) is 11.1 Å². The van der Waals surface area contributed by atoms with Gasteiger partial charge in [0.2, 0.25) is 0 Å². The monoisotopic (exact) mass is 268 g/mol. The van der Waals surface area contributed by atoms with E-state index in [0.29, 0.717) is 5.75 Å². The average Bonchev–Trinajstić information content (AvgIpc) is 2.35. The SMILES string of the molecule is COc1ccc(OC)c(CSC(=N)N=C(N)N)c1. The zero-order chi connectivity index (χ0) is 13.5. The number of guanidine groups is 1. The molecule has 0 fully saturated rings. The summed E-state index contributed by atoms with van der Waals surface area (Å²) in [7, 11) is 3.19. The third-order valence-corrected chi connectivity index (χ3v) is 2.90. The van der Waals surface area contributed by atoms with Crippen molar-refractivity contribution in [1.29, 1.82) is 5.41 Å². The summed E-state index contributed by atoms with van der Waals surface area (Å²) < 4.78 is 10.4. The van der Waals surface area contributed by atoms with Crippen LogP contribution >= 0.6 is 11.8 Å². The first-order valence-corrected chi connectivity index (χ1v) is 6.07. The molecule has 98 valence electrons. The van der Waals surface area contributed by atoms with Crippen molar-refractivity contribution in [2.75, 3.05) is 14.2 Å². The summed E-state index contributed by atoms with van der Waals surface area (Å²) in [6.45, 7) is 0. The molecule has 1 aromatic carbocycles. The van der Waals surface area contributed by atoms with Crippen LogP contribution in [0.1, 0.15) is 5.56 Å². The Morgan fingerprint density at radius 1 is 1.33 bits per heavy atom. The number of ether oxygens (including phenoxy) is 2. The van der Waals surface area contributed by atoms with E-state index in [1.54, 1.807) is 14.2 Å². The molecule has 1 rings (SSSR count). The van der Waals surface area contributed by atoms with Gasteiger partial charge in [0, 0.05) is 11.3 Å². The van der Waals surface area contributed by atoms with Gasteiger partial charge in [-0.2, -0.15) is 4.99 Å². The van der Waals surface area contributed by atoms with Crippen LogP contribution in [-0.4, -0.2) is 25.3 Å². The molecule has 0 aliphatic carbocycles. The zero-order valence-corrected chi connectivity index (χ0v) is 11.1. The molecule has 0 aliphatic rings. The second kappa shape index (κ2) is 6.75. The van der Waals surface area contributed by atoms with Crippen LogP contribution in [0.15, 0.2) is 23.2 Å². The van der Waals surface area contributed by atoms with Crippen molar-refractivity contribution < 1.29 is 9.47 Å². The summed E-state index contributed by atoms with van der Waals surface area (Å²) in [5.41, 5.74) is 11.3. The summed E-state index contributed by atoms with van der Waals surface area (Å²) in [6.07, 6.45) is 0. The van der Waals surface area contributed by atoms with E-state index < -0.39 is 0 Å². The van der Waals surface area contributed by atoms with Gasteiger partial charge in [-0.25, -0.2) is 0 Å². The lowest BCUT2D eigenvalue weighted by molar-refractivity contribution is 0.400. The number of nitrogens with two attached hydrogens (primary N) is 2. The molecule has 0 saturated carbocycles. The minimum absolute atomic E-state index is 0.0554. The Kier molecular flexibility index (Phi) is 5.31. The van der Waals surface area contributed by atoms with Crippen LogP contribution in [0.4, 0.5) is 0 Å². The van der Waals surface area contributed by atoms with E-state index >= 15 is 0 Å². The van der Waals surface area contributed by atoms with Crippen LogP contribution in [0.5, 0.6) is 11.5 Å². The summed E-state index contributed by atoms with van der Waals surface area (Å²) in [6, 6.07) is 5.49. The Bertz CT molecular complexity index is 458. The first-order valence-electron chi connectivity index (χ1n) is 5.08. The molecule has 0 amide bonds. The van der Waals surface area contributed by atoms with Gasteiger partial charge in [-0.3, -0.25) is 5.41 Å². The zero-order valence-electron chi connectivity index (χ0n) is 10.3. The van der Waals surface area contributed by atoms with Crippen molar-refractivity contribution in [3.05, 3.63) is 23.8 Å². The third kappa shape index (κ3) is 4.17. The maximum atomic E-state index is 7.54. The standard InChI is InChI=1S/C11H16N4O2S/c1-16-8-3-4-9(17-2)7(5-8)6-18-11(14)15-10(12)13/h3-5H,6H2,1-2H3,(H5,12,13,14,15). The normalized spacial score (nSPS) is 9.67. The Morgan fingerprint density at radius 2 is 2.06 bits per heavy atom. The smallest absolute Gasteiger partial charge is 0.193 e. The van der Waals surface area contributed by atoms with Crippen LogP contribution in [0.3, 0.4) is 0 Å². The summed E-state index contributed by atoms with van der Waals surface area (Å²) in [4.78, 5) is 3.64. The molecule has 0 radical (unpaired) electrons. The lowest BCUT2D eigenvalue weighted by Gasteiger charge is -2.09. The maximum Gasteiger partial charge on any atom is 0.193 e. The van der Waals surface area contributed by atoms with Crippen LogP contribution < -0.4 is 20.9 Å². The van der Waals surface area contributed by atoms with Crippen molar-refractivity contribution in [1.82, 2.24) is 0 Å². The lowest BCUT2D eigenvalue weighted by Crippen LogP contribution is -2.23. The van der Waals surface area contributed by atoms with Gasteiger partial charge in [0.25, 0.3) is 0 Å². The summed E-state index contributed by atoms with van der Waals surface area (Å²) in [5.74, 6) is 1.88. The molecule has 1 aromatic rings. The van der Waals surface area contributed by atoms with E-state index in [4.69, 9.17) is 26.4 Å². The summed E-state index contributed by atoms with van der Waals surface area (Å²) in [5, 5.41) is 7.59. The van der Waals surface area contributed by atoms with Crippen molar-refractivity contribution in [2.24, 2.45) is 16.5 Å². The van der Waals surface area contributed by atoms with Crippen LogP contribution in [0.2, 0.25) is 0 Å². The van der Waals surface area contributed by atoms with Gasteiger partial charge in [0.1, 0.15) is 11.5 Å². The predicted molar refractivity (Wildman–Crippen MR) is 74.4 cm³/mol. The second-order valence-corrected chi connectivity index (χ2v) is 4.27. The van der Waals surface area contributed by atoms with Gasteiger partial charge in [-0.05, 0) is 18.2 Å². The van der Waals surface area contributed by atoms with Crippen molar-refractivity contribution in [3.8, 4) is 11.5 Å². The number of nitrogens with zero attached hydrogens (tertiary/aromatic N) is 1. The fourth-order valence-corrected chi connectivity index (χ4v) is 1.98. The van der Waals surface area contributed by atoms with Crippen LogP contribution in [0, 0.1) is 5.41 Å². The number of thioether (sulfide) groups is 1. The number of aliphatic imine (C=N–C) groups is 1. The Hall–Kier alpha value is -1.89. The lowest BCUT2D eigenvalue weighted by atomic mass is 10.2. The fourth-order valence-electron chi connectivity index (χ4n) is 1.29. The van der Waals surface area contributed by atoms with E-state index in [9.17, 15) is 0 Å². The second-order valence-electron chi connectivity index (χ2n) is 3.31. The molecule has 0 aromatic heterocycles. The number of rotatable bonds is 4. The highest BCUT2D eigenvalue weighted by molar-refractivity contribution is 8.13. The van der Waals surface area contributed by atoms with Crippen molar-refractivity contribution in [3.63, 3.8) is 0 Å². The van der Waals surface area contributed by atoms with Crippen LogP contribution in [-0.2, 0) is 5.75 Å². The highest BCUT2D eigenvalue weighted by Gasteiger charge is 2.06. The number of hydrogen-bond acceptors (Lipinski definition) is 4. The molecule has 0 atom stereocenters. The van der Waals surface area contributed by atoms with Gasteiger partial charge in [-0.1, -0.05) is 11.8 Å². The number of methoxy groups -OCH3 is 2. The molecular weight excluding hydrogens is 252 g/mol. The molecule has 0 unspecified atom stereocenters. The van der Waals surface area contributed by atoms with E-state index in [1.807, 2.05) is 18.2 Å². The highest BCUT2D eigenvalue weighted by Crippen LogP contribution is 2.27. The molecule has 0 bridgehead atoms. The minimum Gasteiger partial charge on any atom is -0.497 e. The molecule has 7 heteroatoms. The van der Waals surface area contributed by atoms with E-state index in [1.165, 1.54) is 11.8 Å². The van der Waals surface area contributed by atoms with Crippen molar-refractivity contribution in [2.45, 2.75) is 5.75 Å². The Balaban J connectivity index is 2.76. The van der Waals surface area contributed by atoms with E-state index in [0.717, 1.165) is 17.1 Å². The van der Waals surface area contributed by atoms with Gasteiger partial charge >= 0.3 is 0 Å². The number of amidine groups is 1. The Labute approximate surface area is 110 Å². The Morgan fingerprint density at radius 3 is 2.61 bits per heavy atom. The minimum atomic E-state index is -0.120. The first-order chi connectivity index (χ1) is 8.56. The number of nitrogens with one attached hydrogen (secondary N) is 1. The molecule has 0 spiro atoms. The quantitative estimate of drug-likeness (QED) is 0.561. The summed E-state index contributed by atoms with van der Waals surface area (Å²) >= 11 is 1.21. The molecule has 6 nitrogen and oxygen atoms in total. The first kappa shape index (κ1) is 14.2. The molecule has 0 aliphatic heterocycles. The molecular formula is C11H16N4O2S. The molecule has 5 N–H and O–H groups in total. The maximum absolute atomic E-state index is 7.54. The van der Waals surface area contributed by atoms with Gasteiger partial charge in [0.05, 0.1) is 14.2 Å². The number of hydrogen-bond donors (Lipinski definition) is 3.